The first-order valence-electron chi connectivity index (χ1n) is 14.0. The maximum absolute atomic E-state index is 13.4. The smallest absolute Gasteiger partial charge is 0.295 e. The number of Topliss-reactive ketones (excluding diaryl/α,β-unsaturated/α-hetero) is 1. The number of methoxy groups -OCH3 is 1. The van der Waals surface area contributed by atoms with E-state index in [1.165, 1.54) is 11.0 Å². The number of unbranched alkanes of at least 4 members (excludes halogenated alkanes) is 2. The molecule has 0 saturated carbocycles. The predicted molar refractivity (Wildman–Crippen MR) is 152 cm³/mol. The first kappa shape index (κ1) is 30.0. The van der Waals surface area contributed by atoms with Crippen molar-refractivity contribution in [3.8, 4) is 17.2 Å². The molecule has 0 radical (unpaired) electrons. The number of ether oxygens (including phenoxy) is 2. The van der Waals surface area contributed by atoms with Crippen LogP contribution < -0.4 is 9.47 Å². The van der Waals surface area contributed by atoms with Gasteiger partial charge in [0.2, 0.25) is 0 Å². The number of amides is 1. The quantitative estimate of drug-likeness (QED) is 0.175. The summed E-state index contributed by atoms with van der Waals surface area (Å²) in [6, 6.07) is 10.7. The molecule has 1 aliphatic heterocycles. The predicted octanol–water partition coefficient (Wildman–Crippen LogP) is 5.51. The molecule has 2 N–H and O–H groups in total. The van der Waals surface area contributed by atoms with Crippen LogP contribution in [-0.2, 0) is 9.59 Å². The van der Waals surface area contributed by atoms with Crippen molar-refractivity contribution < 1.29 is 29.3 Å². The SMILES string of the molecule is CCCCN(CCCC)CCCN1C(=O)C(=O)/C(=C(/O)c2ccc(OC)cc2)C1c1ccc(O)c(OCC)c1. The van der Waals surface area contributed by atoms with Crippen LogP contribution in [-0.4, -0.2) is 71.6 Å². The highest BCUT2D eigenvalue weighted by Gasteiger charge is 2.46. The molecule has 0 aliphatic carbocycles. The molecule has 1 amide bonds. The Morgan fingerprint density at radius 3 is 2.18 bits per heavy atom. The molecule has 8 nitrogen and oxygen atoms in total. The Labute approximate surface area is 231 Å². The summed E-state index contributed by atoms with van der Waals surface area (Å²) >= 11 is 0. The van der Waals surface area contributed by atoms with Crippen LogP contribution >= 0.6 is 0 Å². The Kier molecular flexibility index (Phi) is 11.2. The number of aliphatic hydroxyl groups excluding tert-OH is 1. The molecule has 212 valence electrons. The Morgan fingerprint density at radius 1 is 0.949 bits per heavy atom. The second kappa shape index (κ2) is 14.6. The van der Waals surface area contributed by atoms with E-state index in [2.05, 4.69) is 18.7 Å². The van der Waals surface area contributed by atoms with Crippen LogP contribution in [0.5, 0.6) is 17.2 Å². The molecule has 0 spiro atoms. The van der Waals surface area contributed by atoms with Crippen molar-refractivity contribution in [3.05, 3.63) is 59.2 Å². The molecule has 1 aliphatic rings. The number of ketones is 1. The van der Waals surface area contributed by atoms with Gasteiger partial charge in [0, 0.05) is 12.1 Å². The summed E-state index contributed by atoms with van der Waals surface area (Å²) in [5.41, 5.74) is 1.01. The van der Waals surface area contributed by atoms with Crippen LogP contribution in [0.15, 0.2) is 48.0 Å². The molecule has 1 heterocycles. The normalized spacial score (nSPS) is 16.7. The van der Waals surface area contributed by atoms with Gasteiger partial charge in [-0.2, -0.15) is 0 Å². The van der Waals surface area contributed by atoms with Gasteiger partial charge in [-0.3, -0.25) is 9.59 Å². The number of hydrogen-bond donors (Lipinski definition) is 2. The van der Waals surface area contributed by atoms with Gasteiger partial charge in [0.05, 0.1) is 25.3 Å². The van der Waals surface area contributed by atoms with Gasteiger partial charge in [0.15, 0.2) is 11.5 Å². The molecule has 1 atom stereocenters. The molecular weight excluding hydrogens is 496 g/mol. The third kappa shape index (κ3) is 7.32. The summed E-state index contributed by atoms with van der Waals surface area (Å²) in [5.74, 6) is -0.783. The Bertz CT molecular complexity index is 1140. The summed E-state index contributed by atoms with van der Waals surface area (Å²) in [6.07, 6.45) is 5.15. The van der Waals surface area contributed by atoms with Crippen LogP contribution in [0.2, 0.25) is 0 Å². The topological polar surface area (TPSA) is 99.5 Å². The fraction of sp³-hybridized carbons (Fsp3) is 0.484. The highest BCUT2D eigenvalue weighted by Crippen LogP contribution is 2.42. The number of rotatable bonds is 15. The largest absolute Gasteiger partial charge is 0.507 e. The van der Waals surface area contributed by atoms with Gasteiger partial charge in [-0.1, -0.05) is 32.8 Å². The van der Waals surface area contributed by atoms with E-state index in [4.69, 9.17) is 9.47 Å². The number of hydrogen-bond acceptors (Lipinski definition) is 7. The zero-order valence-corrected chi connectivity index (χ0v) is 23.6. The van der Waals surface area contributed by atoms with E-state index < -0.39 is 17.7 Å². The maximum atomic E-state index is 13.4. The fourth-order valence-corrected chi connectivity index (χ4v) is 4.90. The van der Waals surface area contributed by atoms with Gasteiger partial charge in [0.25, 0.3) is 11.7 Å². The molecule has 1 fully saturated rings. The number of nitrogens with zero attached hydrogens (tertiary/aromatic N) is 2. The highest BCUT2D eigenvalue weighted by molar-refractivity contribution is 6.46. The minimum absolute atomic E-state index is 0.0205. The number of benzene rings is 2. The van der Waals surface area contributed by atoms with E-state index in [0.29, 0.717) is 36.4 Å². The third-order valence-corrected chi connectivity index (χ3v) is 7.03. The van der Waals surface area contributed by atoms with E-state index in [-0.39, 0.29) is 22.8 Å². The molecule has 0 aromatic heterocycles. The molecular formula is C31H42N2O6. The molecule has 3 rings (SSSR count). The maximum Gasteiger partial charge on any atom is 0.295 e. The standard InChI is InChI=1S/C31H42N2O6/c1-5-8-17-32(18-9-6-2)19-10-20-33-28(23-13-16-25(34)26(21-23)39-7-3)27(30(36)31(33)37)29(35)22-11-14-24(38-4)15-12-22/h11-16,21,28,34-35H,5-10,17-20H2,1-4H3/b29-27+. The Morgan fingerprint density at radius 2 is 1.59 bits per heavy atom. The van der Waals surface area contributed by atoms with E-state index >= 15 is 0 Å². The number of carbonyl (C=O) groups is 2. The molecule has 1 saturated heterocycles. The van der Waals surface area contributed by atoms with Crippen molar-refractivity contribution in [1.29, 1.82) is 0 Å². The molecule has 8 heteroatoms. The molecule has 0 bridgehead atoms. The zero-order valence-electron chi connectivity index (χ0n) is 23.6. The van der Waals surface area contributed by atoms with Crippen LogP contribution in [0.3, 0.4) is 0 Å². The summed E-state index contributed by atoms with van der Waals surface area (Å²) in [5, 5.41) is 21.6. The van der Waals surface area contributed by atoms with Gasteiger partial charge in [0.1, 0.15) is 11.5 Å². The number of aliphatic hydroxyl groups is 1. The molecule has 1 unspecified atom stereocenters. The van der Waals surface area contributed by atoms with Crippen molar-refractivity contribution in [2.75, 3.05) is 39.9 Å². The van der Waals surface area contributed by atoms with Gasteiger partial charge in [-0.25, -0.2) is 0 Å². The second-order valence-corrected chi connectivity index (χ2v) is 9.78. The fourth-order valence-electron chi connectivity index (χ4n) is 4.90. The number of likely N-dealkylation sites (tertiary alicyclic amines) is 1. The van der Waals surface area contributed by atoms with Crippen LogP contribution in [0.1, 0.15) is 70.0 Å². The lowest BCUT2D eigenvalue weighted by molar-refractivity contribution is -0.140. The number of phenolic OH excluding ortho intramolecular Hbond substituents is 1. The van der Waals surface area contributed by atoms with Crippen molar-refractivity contribution >= 4 is 17.4 Å². The first-order chi connectivity index (χ1) is 18.9. The van der Waals surface area contributed by atoms with Gasteiger partial charge in [-0.05, 0) is 87.8 Å². The summed E-state index contributed by atoms with van der Waals surface area (Å²) in [6.45, 7) is 9.68. The summed E-state index contributed by atoms with van der Waals surface area (Å²) in [7, 11) is 1.55. The average Bonchev–Trinajstić information content (AvgIpc) is 3.20. The van der Waals surface area contributed by atoms with Gasteiger partial charge in [-0.15, -0.1) is 0 Å². The van der Waals surface area contributed by atoms with E-state index in [9.17, 15) is 19.8 Å². The average molecular weight is 539 g/mol. The van der Waals surface area contributed by atoms with Crippen LogP contribution in [0.25, 0.3) is 5.76 Å². The van der Waals surface area contributed by atoms with E-state index in [0.717, 1.165) is 45.3 Å². The first-order valence-corrected chi connectivity index (χ1v) is 14.0. The minimum atomic E-state index is -0.813. The minimum Gasteiger partial charge on any atom is -0.507 e. The Balaban J connectivity index is 1.98. The van der Waals surface area contributed by atoms with Crippen molar-refractivity contribution in [2.24, 2.45) is 0 Å². The van der Waals surface area contributed by atoms with Crippen molar-refractivity contribution in [2.45, 2.75) is 58.9 Å². The number of carbonyl (C=O) groups excluding carboxylic acids is 2. The number of phenols is 1. The van der Waals surface area contributed by atoms with Crippen LogP contribution in [0.4, 0.5) is 0 Å². The monoisotopic (exact) mass is 538 g/mol. The summed E-state index contributed by atoms with van der Waals surface area (Å²) < 4.78 is 10.8. The third-order valence-electron chi connectivity index (χ3n) is 7.03. The lowest BCUT2D eigenvalue weighted by Gasteiger charge is -2.28. The lowest BCUT2D eigenvalue weighted by Crippen LogP contribution is -2.34. The molecule has 39 heavy (non-hydrogen) atoms. The van der Waals surface area contributed by atoms with Gasteiger partial charge < -0.3 is 29.5 Å². The Hall–Kier alpha value is -3.52. The molecule has 2 aromatic rings. The summed E-state index contributed by atoms with van der Waals surface area (Å²) in [4.78, 5) is 30.7. The van der Waals surface area contributed by atoms with E-state index in [1.54, 1.807) is 43.5 Å². The lowest BCUT2D eigenvalue weighted by atomic mass is 9.95. The second-order valence-electron chi connectivity index (χ2n) is 9.78. The highest BCUT2D eigenvalue weighted by atomic mass is 16.5. The van der Waals surface area contributed by atoms with Crippen molar-refractivity contribution in [1.82, 2.24) is 9.80 Å². The van der Waals surface area contributed by atoms with E-state index in [1.807, 2.05) is 6.92 Å². The molecule has 2 aromatic carbocycles. The van der Waals surface area contributed by atoms with Gasteiger partial charge >= 0.3 is 0 Å². The number of aromatic hydroxyl groups is 1. The van der Waals surface area contributed by atoms with Crippen molar-refractivity contribution in [3.63, 3.8) is 0 Å². The zero-order chi connectivity index (χ0) is 28.4. The van der Waals surface area contributed by atoms with Crippen LogP contribution in [0, 0.1) is 0 Å².